The lowest BCUT2D eigenvalue weighted by Crippen LogP contribution is -2.54. The van der Waals surface area contributed by atoms with Gasteiger partial charge in [-0.15, -0.1) is 0 Å². The fourth-order valence-corrected chi connectivity index (χ4v) is 4.37. The summed E-state index contributed by atoms with van der Waals surface area (Å²) in [6, 6.07) is 12.0. The summed E-state index contributed by atoms with van der Waals surface area (Å²) in [5, 5.41) is 0. The summed E-state index contributed by atoms with van der Waals surface area (Å²) in [6.07, 6.45) is -0.417. The number of likely N-dealkylation sites (N-methyl/N-ethyl adjacent to an activating group) is 1. The standard InChI is InChI=1S/C22H19FN2O5/c1-3-30-21(29)22(13-8-4-6-10-16(13)24(2)20(22)28)14-12-18(26)25(19(14)27)17-11-7-5-9-15(17)23/h4-11,14H,3,12H2,1-2H3/t14-,22-/m1/s1. The van der Waals surface area contributed by atoms with Crippen LogP contribution in [0.15, 0.2) is 48.5 Å². The molecule has 0 spiro atoms. The predicted octanol–water partition coefficient (Wildman–Crippen LogP) is 2.18. The molecule has 2 aromatic rings. The lowest BCUT2D eigenvalue weighted by molar-refractivity contribution is -0.158. The van der Waals surface area contributed by atoms with E-state index in [1.807, 2.05) is 0 Å². The average molecular weight is 410 g/mol. The predicted molar refractivity (Wildman–Crippen MR) is 105 cm³/mol. The Bertz CT molecular complexity index is 1080. The van der Waals surface area contributed by atoms with Crippen molar-refractivity contribution in [2.24, 2.45) is 5.92 Å². The summed E-state index contributed by atoms with van der Waals surface area (Å²) in [5.41, 5.74) is -1.45. The number of halogens is 1. The van der Waals surface area contributed by atoms with Crippen molar-refractivity contribution in [1.29, 1.82) is 0 Å². The zero-order chi connectivity index (χ0) is 21.6. The number of esters is 1. The van der Waals surface area contributed by atoms with Gasteiger partial charge in [0.1, 0.15) is 5.82 Å². The first kappa shape index (κ1) is 19.8. The van der Waals surface area contributed by atoms with Crippen LogP contribution in [0.1, 0.15) is 18.9 Å². The second-order valence-electron chi connectivity index (χ2n) is 7.19. The fraction of sp³-hybridized carbons (Fsp3) is 0.273. The molecule has 4 rings (SSSR count). The molecule has 2 aliphatic rings. The number of imide groups is 1. The number of hydrogen-bond donors (Lipinski definition) is 0. The van der Waals surface area contributed by atoms with E-state index in [1.165, 1.54) is 30.1 Å². The van der Waals surface area contributed by atoms with Crippen molar-refractivity contribution >= 4 is 35.1 Å². The lowest BCUT2D eigenvalue weighted by Gasteiger charge is -2.30. The number of benzene rings is 2. The first-order valence-corrected chi connectivity index (χ1v) is 9.51. The molecule has 0 radical (unpaired) electrons. The molecule has 8 heteroatoms. The maximum absolute atomic E-state index is 14.3. The number of nitrogens with zero attached hydrogens (tertiary/aromatic N) is 2. The van der Waals surface area contributed by atoms with Crippen molar-refractivity contribution in [3.05, 3.63) is 59.9 Å². The Morgan fingerprint density at radius 3 is 2.40 bits per heavy atom. The molecule has 154 valence electrons. The Kier molecular flexibility index (Phi) is 4.64. The maximum Gasteiger partial charge on any atom is 0.327 e. The molecule has 1 fully saturated rings. The van der Waals surface area contributed by atoms with E-state index < -0.39 is 47.3 Å². The van der Waals surface area contributed by atoms with E-state index in [2.05, 4.69) is 0 Å². The Labute approximate surface area is 172 Å². The average Bonchev–Trinajstić information content (AvgIpc) is 3.14. The molecular formula is C22H19FN2O5. The third-order valence-corrected chi connectivity index (χ3v) is 5.69. The lowest BCUT2D eigenvalue weighted by atomic mass is 9.70. The molecule has 0 saturated carbocycles. The van der Waals surface area contributed by atoms with Crippen LogP contribution >= 0.6 is 0 Å². The minimum absolute atomic E-state index is 0.00830. The number of carbonyl (C=O) groups excluding carboxylic acids is 4. The molecule has 0 aromatic heterocycles. The first-order chi connectivity index (χ1) is 14.4. The number of anilines is 2. The van der Waals surface area contributed by atoms with E-state index in [-0.39, 0.29) is 12.3 Å². The van der Waals surface area contributed by atoms with Gasteiger partial charge in [0.05, 0.1) is 18.2 Å². The molecular weight excluding hydrogens is 391 g/mol. The van der Waals surface area contributed by atoms with Crippen LogP contribution in [0.3, 0.4) is 0 Å². The molecule has 2 aliphatic heterocycles. The van der Waals surface area contributed by atoms with Gasteiger partial charge in [-0.3, -0.25) is 19.2 Å². The number of hydrogen-bond acceptors (Lipinski definition) is 5. The van der Waals surface area contributed by atoms with Crippen LogP contribution in [-0.2, 0) is 29.3 Å². The van der Waals surface area contributed by atoms with Gasteiger partial charge in [0.15, 0.2) is 5.41 Å². The van der Waals surface area contributed by atoms with Crippen molar-refractivity contribution in [3.8, 4) is 0 Å². The molecule has 2 heterocycles. The topological polar surface area (TPSA) is 84.0 Å². The van der Waals surface area contributed by atoms with Gasteiger partial charge < -0.3 is 9.64 Å². The monoisotopic (exact) mass is 410 g/mol. The Balaban J connectivity index is 1.90. The molecule has 3 amide bonds. The van der Waals surface area contributed by atoms with Crippen LogP contribution in [0, 0.1) is 11.7 Å². The second-order valence-corrected chi connectivity index (χ2v) is 7.19. The summed E-state index contributed by atoms with van der Waals surface area (Å²) >= 11 is 0. The van der Waals surface area contributed by atoms with E-state index in [0.717, 1.165) is 11.0 Å². The number of para-hydroxylation sites is 2. The summed E-state index contributed by atoms with van der Waals surface area (Å²) in [6.45, 7) is 1.58. The largest absolute Gasteiger partial charge is 0.465 e. The van der Waals surface area contributed by atoms with Crippen molar-refractivity contribution in [2.75, 3.05) is 23.5 Å². The van der Waals surface area contributed by atoms with E-state index >= 15 is 0 Å². The van der Waals surface area contributed by atoms with E-state index in [0.29, 0.717) is 11.3 Å². The van der Waals surface area contributed by atoms with Gasteiger partial charge in [0, 0.05) is 24.7 Å². The Morgan fingerprint density at radius 1 is 1.10 bits per heavy atom. The highest BCUT2D eigenvalue weighted by Gasteiger charge is 2.66. The van der Waals surface area contributed by atoms with Crippen LogP contribution in [0.2, 0.25) is 0 Å². The van der Waals surface area contributed by atoms with Gasteiger partial charge in [0.25, 0.3) is 0 Å². The molecule has 30 heavy (non-hydrogen) atoms. The van der Waals surface area contributed by atoms with Crippen LogP contribution in [0.4, 0.5) is 15.8 Å². The normalized spacial score (nSPS) is 23.2. The Morgan fingerprint density at radius 2 is 1.73 bits per heavy atom. The van der Waals surface area contributed by atoms with Gasteiger partial charge in [-0.05, 0) is 25.1 Å². The van der Waals surface area contributed by atoms with E-state index in [4.69, 9.17) is 4.74 Å². The molecule has 0 N–H and O–H groups in total. The van der Waals surface area contributed by atoms with Crippen LogP contribution in [0.25, 0.3) is 0 Å². The molecule has 0 unspecified atom stereocenters. The van der Waals surface area contributed by atoms with Gasteiger partial charge in [-0.2, -0.15) is 0 Å². The van der Waals surface area contributed by atoms with Gasteiger partial charge >= 0.3 is 5.97 Å². The summed E-state index contributed by atoms with van der Waals surface area (Å²) < 4.78 is 19.6. The summed E-state index contributed by atoms with van der Waals surface area (Å²) in [5.74, 6) is -5.13. The zero-order valence-corrected chi connectivity index (χ0v) is 16.4. The van der Waals surface area contributed by atoms with Crippen LogP contribution in [0.5, 0.6) is 0 Å². The summed E-state index contributed by atoms with van der Waals surface area (Å²) in [7, 11) is 1.50. The highest BCUT2D eigenvalue weighted by Crippen LogP contribution is 2.50. The number of carbonyl (C=O) groups is 4. The van der Waals surface area contributed by atoms with E-state index in [1.54, 1.807) is 31.2 Å². The minimum atomic E-state index is -2.01. The van der Waals surface area contributed by atoms with Crippen molar-refractivity contribution < 1.29 is 28.3 Å². The summed E-state index contributed by atoms with van der Waals surface area (Å²) in [4.78, 5) is 54.8. The number of rotatable bonds is 4. The number of ether oxygens (including phenoxy) is 1. The molecule has 2 atom stereocenters. The van der Waals surface area contributed by atoms with Gasteiger partial charge in [0.2, 0.25) is 17.7 Å². The van der Waals surface area contributed by atoms with E-state index in [9.17, 15) is 23.6 Å². The highest BCUT2D eigenvalue weighted by molar-refractivity contribution is 6.29. The molecule has 7 nitrogen and oxygen atoms in total. The Hall–Kier alpha value is -3.55. The van der Waals surface area contributed by atoms with Crippen molar-refractivity contribution in [1.82, 2.24) is 0 Å². The smallest absolute Gasteiger partial charge is 0.327 e. The first-order valence-electron chi connectivity index (χ1n) is 9.51. The maximum atomic E-state index is 14.3. The van der Waals surface area contributed by atoms with Crippen molar-refractivity contribution in [2.45, 2.75) is 18.8 Å². The minimum Gasteiger partial charge on any atom is -0.465 e. The van der Waals surface area contributed by atoms with Crippen molar-refractivity contribution in [3.63, 3.8) is 0 Å². The van der Waals surface area contributed by atoms with Crippen LogP contribution < -0.4 is 9.80 Å². The molecule has 0 aliphatic carbocycles. The number of amides is 3. The molecule has 2 aromatic carbocycles. The molecule has 0 bridgehead atoms. The zero-order valence-electron chi connectivity index (χ0n) is 16.4. The third kappa shape index (κ3) is 2.49. The number of fused-ring (bicyclic) bond motifs is 1. The molecule has 1 saturated heterocycles. The van der Waals surface area contributed by atoms with Crippen LogP contribution in [-0.4, -0.2) is 37.3 Å². The van der Waals surface area contributed by atoms with Gasteiger partial charge in [-0.25, -0.2) is 9.29 Å². The highest BCUT2D eigenvalue weighted by atomic mass is 19.1. The second kappa shape index (κ2) is 7.05. The SMILES string of the molecule is CCOC(=O)[C@]1([C@@H]2CC(=O)N(c3ccccc3F)C2=O)C(=O)N(C)c2ccccc21. The van der Waals surface area contributed by atoms with Gasteiger partial charge in [-0.1, -0.05) is 30.3 Å². The third-order valence-electron chi connectivity index (χ3n) is 5.69. The fourth-order valence-electron chi connectivity index (χ4n) is 4.37. The quantitative estimate of drug-likeness (QED) is 0.438.